The minimum absolute atomic E-state index is 0.0116. The van der Waals surface area contributed by atoms with Gasteiger partial charge in [0.25, 0.3) is 0 Å². The monoisotopic (exact) mass is 318 g/mol. The van der Waals surface area contributed by atoms with Crippen molar-refractivity contribution >= 4 is 11.3 Å². The zero-order chi connectivity index (χ0) is 15.5. The second kappa shape index (κ2) is 6.67. The summed E-state index contributed by atoms with van der Waals surface area (Å²) in [4.78, 5) is 18.5. The van der Waals surface area contributed by atoms with E-state index in [1.54, 1.807) is 7.11 Å². The molecule has 0 spiro atoms. The maximum absolute atomic E-state index is 11.9. The van der Waals surface area contributed by atoms with E-state index < -0.39 is 0 Å². The number of nitrogens with one attached hydrogen (secondary N) is 1. The lowest BCUT2D eigenvalue weighted by molar-refractivity contribution is 0.154. The first-order valence-corrected chi connectivity index (χ1v) is 8.59. The number of H-pyrrole nitrogens is 1. The molecule has 2 heterocycles. The van der Waals surface area contributed by atoms with Gasteiger partial charge in [0.05, 0.1) is 12.8 Å². The van der Waals surface area contributed by atoms with Crippen molar-refractivity contribution in [3.8, 4) is 17.0 Å². The zero-order valence-corrected chi connectivity index (χ0v) is 13.9. The quantitative estimate of drug-likeness (QED) is 0.938. The molecule has 1 atom stereocenters. The highest BCUT2D eigenvalue weighted by Gasteiger charge is 2.21. The smallest absolute Gasteiger partial charge is 0.305 e. The van der Waals surface area contributed by atoms with Gasteiger partial charge < -0.3 is 9.72 Å². The van der Waals surface area contributed by atoms with E-state index in [4.69, 9.17) is 4.74 Å². The highest BCUT2D eigenvalue weighted by Crippen LogP contribution is 2.29. The zero-order valence-electron chi connectivity index (χ0n) is 13.1. The Morgan fingerprint density at radius 3 is 3.05 bits per heavy atom. The van der Waals surface area contributed by atoms with Crippen LogP contribution in [0.5, 0.6) is 5.75 Å². The molecule has 5 heteroatoms. The Morgan fingerprint density at radius 1 is 1.41 bits per heavy atom. The number of thiazole rings is 1. The molecule has 22 heavy (non-hydrogen) atoms. The van der Waals surface area contributed by atoms with Gasteiger partial charge in [0.15, 0.2) is 0 Å². The van der Waals surface area contributed by atoms with Gasteiger partial charge in [-0.05, 0) is 38.4 Å². The number of benzene rings is 1. The summed E-state index contributed by atoms with van der Waals surface area (Å²) >= 11 is 1.32. The summed E-state index contributed by atoms with van der Waals surface area (Å²) < 4.78 is 5.29. The second-order valence-corrected chi connectivity index (χ2v) is 6.93. The highest BCUT2D eigenvalue weighted by molar-refractivity contribution is 7.09. The summed E-state index contributed by atoms with van der Waals surface area (Å²) in [7, 11) is 1.66. The summed E-state index contributed by atoms with van der Waals surface area (Å²) in [5.41, 5.74) is 1.95. The molecule has 0 radical (unpaired) electrons. The van der Waals surface area contributed by atoms with Gasteiger partial charge in [0, 0.05) is 23.0 Å². The average Bonchev–Trinajstić information content (AvgIpc) is 2.90. The lowest BCUT2D eigenvalue weighted by Gasteiger charge is -2.33. The lowest BCUT2D eigenvalue weighted by atomic mass is 10.0. The molecule has 1 aromatic carbocycles. The van der Waals surface area contributed by atoms with Gasteiger partial charge in [0.1, 0.15) is 5.75 Å². The Kier molecular flexibility index (Phi) is 4.64. The van der Waals surface area contributed by atoms with E-state index in [-0.39, 0.29) is 4.87 Å². The fourth-order valence-electron chi connectivity index (χ4n) is 3.06. The lowest BCUT2D eigenvalue weighted by Crippen LogP contribution is -2.36. The molecule has 4 nitrogen and oxygen atoms in total. The molecule has 0 bridgehead atoms. The standard InChI is InChI=1S/C17H22N2O2S/c1-12-6-3-4-9-19(12)11-15-16(18-17(20)22-15)13-7-5-8-14(10-13)21-2/h5,7-8,10,12H,3-4,6,9,11H2,1-2H3,(H,18,20). The third-order valence-corrected chi connectivity index (χ3v) is 5.23. The van der Waals surface area contributed by atoms with Gasteiger partial charge in [-0.25, -0.2) is 0 Å². The van der Waals surface area contributed by atoms with E-state index in [1.807, 2.05) is 24.3 Å². The van der Waals surface area contributed by atoms with Crippen molar-refractivity contribution in [2.75, 3.05) is 13.7 Å². The van der Waals surface area contributed by atoms with E-state index in [0.29, 0.717) is 6.04 Å². The van der Waals surface area contributed by atoms with Crippen molar-refractivity contribution < 1.29 is 4.74 Å². The largest absolute Gasteiger partial charge is 0.497 e. The molecular formula is C17H22N2O2S. The molecule has 0 saturated carbocycles. The number of methoxy groups -OCH3 is 1. The number of piperidine rings is 1. The molecule has 0 aliphatic carbocycles. The summed E-state index contributed by atoms with van der Waals surface area (Å²) in [5, 5.41) is 0. The first kappa shape index (κ1) is 15.3. The van der Waals surface area contributed by atoms with E-state index >= 15 is 0 Å². The fraction of sp³-hybridized carbons (Fsp3) is 0.471. The van der Waals surface area contributed by atoms with Gasteiger partial charge in [-0.3, -0.25) is 9.69 Å². The third kappa shape index (κ3) is 3.25. The van der Waals surface area contributed by atoms with E-state index in [0.717, 1.165) is 35.0 Å². The number of aromatic nitrogens is 1. The number of likely N-dealkylation sites (tertiary alicyclic amines) is 1. The predicted octanol–water partition coefficient (Wildman–Crippen LogP) is 3.49. The first-order valence-electron chi connectivity index (χ1n) is 7.78. The predicted molar refractivity (Wildman–Crippen MR) is 90.7 cm³/mol. The Morgan fingerprint density at radius 2 is 2.27 bits per heavy atom. The number of hydrogen-bond acceptors (Lipinski definition) is 4. The van der Waals surface area contributed by atoms with E-state index in [2.05, 4.69) is 16.8 Å². The molecule has 1 aliphatic rings. The topological polar surface area (TPSA) is 45.3 Å². The Hall–Kier alpha value is -1.59. The Bertz CT molecular complexity index is 692. The van der Waals surface area contributed by atoms with Crippen molar-refractivity contribution in [1.29, 1.82) is 0 Å². The molecule has 118 valence electrons. The molecular weight excluding hydrogens is 296 g/mol. The summed E-state index contributed by atoms with van der Waals surface area (Å²) in [6.07, 6.45) is 3.80. The van der Waals surface area contributed by atoms with Crippen LogP contribution in [0.1, 0.15) is 31.1 Å². The molecule has 1 saturated heterocycles. The van der Waals surface area contributed by atoms with Crippen molar-refractivity contribution in [2.24, 2.45) is 0 Å². The van der Waals surface area contributed by atoms with Gasteiger partial charge >= 0.3 is 4.87 Å². The van der Waals surface area contributed by atoms with Crippen LogP contribution >= 0.6 is 11.3 Å². The van der Waals surface area contributed by atoms with E-state index in [1.165, 1.54) is 30.6 Å². The van der Waals surface area contributed by atoms with Gasteiger partial charge in [-0.15, -0.1) is 0 Å². The maximum Gasteiger partial charge on any atom is 0.305 e. The number of rotatable bonds is 4. The summed E-state index contributed by atoms with van der Waals surface area (Å²) in [6, 6.07) is 8.45. The van der Waals surface area contributed by atoms with Crippen LogP contribution in [0.2, 0.25) is 0 Å². The van der Waals surface area contributed by atoms with Crippen molar-refractivity contribution in [2.45, 2.75) is 38.8 Å². The van der Waals surface area contributed by atoms with Crippen molar-refractivity contribution in [3.63, 3.8) is 0 Å². The molecule has 1 aliphatic heterocycles. The minimum atomic E-state index is 0.0116. The minimum Gasteiger partial charge on any atom is -0.497 e. The number of ether oxygens (including phenoxy) is 1. The van der Waals surface area contributed by atoms with Crippen molar-refractivity contribution in [1.82, 2.24) is 9.88 Å². The maximum atomic E-state index is 11.9. The van der Waals surface area contributed by atoms with Crippen LogP contribution in [0.3, 0.4) is 0 Å². The van der Waals surface area contributed by atoms with Crippen LogP contribution in [0.25, 0.3) is 11.3 Å². The normalized spacial score (nSPS) is 19.3. The molecule has 3 rings (SSSR count). The number of nitrogens with zero attached hydrogens (tertiary/aromatic N) is 1. The number of aromatic amines is 1. The van der Waals surface area contributed by atoms with E-state index in [9.17, 15) is 4.79 Å². The molecule has 1 fully saturated rings. The first-order chi connectivity index (χ1) is 10.7. The fourth-order valence-corrected chi connectivity index (χ4v) is 3.94. The van der Waals surface area contributed by atoms with Crippen LogP contribution in [0, 0.1) is 0 Å². The summed E-state index contributed by atoms with van der Waals surface area (Å²) in [6.45, 7) is 4.24. The van der Waals surface area contributed by atoms with Gasteiger partial charge in [-0.2, -0.15) is 0 Å². The van der Waals surface area contributed by atoms with Crippen LogP contribution in [-0.2, 0) is 6.54 Å². The molecule has 1 N–H and O–H groups in total. The molecule has 0 amide bonds. The van der Waals surface area contributed by atoms with Crippen LogP contribution in [0.15, 0.2) is 29.1 Å². The SMILES string of the molecule is COc1cccc(-c2[nH]c(=O)sc2CN2CCCCC2C)c1. The Labute approximate surface area is 134 Å². The Balaban J connectivity index is 1.90. The summed E-state index contributed by atoms with van der Waals surface area (Å²) in [5.74, 6) is 0.807. The molecule has 1 unspecified atom stereocenters. The number of hydrogen-bond donors (Lipinski definition) is 1. The average molecular weight is 318 g/mol. The van der Waals surface area contributed by atoms with Gasteiger partial charge in [0.2, 0.25) is 0 Å². The van der Waals surface area contributed by atoms with Gasteiger partial charge in [-0.1, -0.05) is 29.9 Å². The van der Waals surface area contributed by atoms with Crippen LogP contribution in [-0.4, -0.2) is 29.6 Å². The third-order valence-electron chi connectivity index (χ3n) is 4.37. The second-order valence-electron chi connectivity index (χ2n) is 5.86. The van der Waals surface area contributed by atoms with Crippen LogP contribution in [0.4, 0.5) is 0 Å². The van der Waals surface area contributed by atoms with Crippen LogP contribution < -0.4 is 9.61 Å². The molecule has 1 aromatic heterocycles. The van der Waals surface area contributed by atoms with Crippen molar-refractivity contribution in [3.05, 3.63) is 38.8 Å². The highest BCUT2D eigenvalue weighted by atomic mass is 32.1. The molecule has 2 aromatic rings.